The second-order valence-corrected chi connectivity index (χ2v) is 5.85. The van der Waals surface area contributed by atoms with Gasteiger partial charge in [0, 0.05) is 29.2 Å². The number of nitrogens with one attached hydrogen (secondary N) is 1. The summed E-state index contributed by atoms with van der Waals surface area (Å²) >= 11 is 7.20. The SMILES string of the molecule is Cn1cc(-c2nc(C(=O)Nc3cc(Cl)ccc3O)cs2)cn1. The summed E-state index contributed by atoms with van der Waals surface area (Å²) in [5.41, 5.74) is 1.36. The smallest absolute Gasteiger partial charge is 0.275 e. The summed E-state index contributed by atoms with van der Waals surface area (Å²) in [4.78, 5) is 16.5. The Morgan fingerprint density at radius 2 is 2.27 bits per heavy atom. The fraction of sp³-hybridized carbons (Fsp3) is 0.0714. The monoisotopic (exact) mass is 334 g/mol. The van der Waals surface area contributed by atoms with Crippen LogP contribution in [0.25, 0.3) is 10.6 Å². The summed E-state index contributed by atoms with van der Waals surface area (Å²) in [6, 6.07) is 4.43. The fourth-order valence-electron chi connectivity index (χ4n) is 1.84. The van der Waals surface area contributed by atoms with E-state index in [1.54, 1.807) is 16.3 Å². The third-order valence-electron chi connectivity index (χ3n) is 2.90. The standard InChI is InChI=1S/C14H11ClN4O2S/c1-19-6-8(5-16-19)14-18-11(7-22-14)13(21)17-10-4-9(15)2-3-12(10)20/h2-7,20H,1H3,(H,17,21). The van der Waals surface area contributed by atoms with Gasteiger partial charge in [0.2, 0.25) is 0 Å². The fourth-order valence-corrected chi connectivity index (χ4v) is 2.78. The number of aromatic nitrogens is 3. The van der Waals surface area contributed by atoms with Crippen LogP contribution in [0.4, 0.5) is 5.69 Å². The first-order valence-corrected chi connectivity index (χ1v) is 7.53. The third kappa shape index (κ3) is 2.95. The van der Waals surface area contributed by atoms with E-state index in [1.807, 2.05) is 13.2 Å². The van der Waals surface area contributed by atoms with Crippen molar-refractivity contribution in [2.24, 2.45) is 7.05 Å². The van der Waals surface area contributed by atoms with Crippen LogP contribution in [0.3, 0.4) is 0 Å². The van der Waals surface area contributed by atoms with Crippen LogP contribution in [0.5, 0.6) is 5.75 Å². The van der Waals surface area contributed by atoms with E-state index < -0.39 is 5.91 Å². The highest BCUT2D eigenvalue weighted by molar-refractivity contribution is 7.13. The molecule has 2 aromatic heterocycles. The lowest BCUT2D eigenvalue weighted by molar-refractivity contribution is 0.102. The quantitative estimate of drug-likeness (QED) is 0.721. The Kier molecular flexibility index (Phi) is 3.82. The van der Waals surface area contributed by atoms with Crippen LogP contribution in [-0.2, 0) is 7.05 Å². The van der Waals surface area contributed by atoms with E-state index in [9.17, 15) is 9.90 Å². The van der Waals surface area contributed by atoms with E-state index in [2.05, 4.69) is 15.4 Å². The summed E-state index contributed by atoms with van der Waals surface area (Å²) in [7, 11) is 1.81. The minimum absolute atomic E-state index is 0.0551. The van der Waals surface area contributed by atoms with E-state index in [-0.39, 0.29) is 17.1 Å². The molecule has 0 radical (unpaired) electrons. The Balaban J connectivity index is 1.81. The molecule has 0 aliphatic heterocycles. The van der Waals surface area contributed by atoms with Gasteiger partial charge in [0.1, 0.15) is 16.5 Å². The molecule has 0 atom stereocenters. The normalized spacial score (nSPS) is 10.6. The second kappa shape index (κ2) is 5.78. The molecule has 0 aliphatic rings. The molecule has 2 N–H and O–H groups in total. The number of phenolic OH excluding ortho intramolecular Hbond substituents is 1. The van der Waals surface area contributed by atoms with Gasteiger partial charge in [-0.05, 0) is 18.2 Å². The highest BCUT2D eigenvalue weighted by Gasteiger charge is 2.14. The zero-order chi connectivity index (χ0) is 15.7. The van der Waals surface area contributed by atoms with Gasteiger partial charge in [0.25, 0.3) is 5.91 Å². The van der Waals surface area contributed by atoms with E-state index in [4.69, 9.17) is 11.6 Å². The highest BCUT2D eigenvalue weighted by Crippen LogP contribution is 2.28. The Morgan fingerprint density at radius 1 is 1.45 bits per heavy atom. The van der Waals surface area contributed by atoms with Crippen LogP contribution < -0.4 is 5.32 Å². The lowest BCUT2D eigenvalue weighted by Gasteiger charge is -2.05. The molecule has 3 rings (SSSR count). The van der Waals surface area contributed by atoms with Crippen molar-refractivity contribution >= 4 is 34.5 Å². The maximum atomic E-state index is 12.2. The summed E-state index contributed by atoms with van der Waals surface area (Å²) < 4.78 is 1.67. The number of carbonyl (C=O) groups excluding carboxylic acids is 1. The van der Waals surface area contributed by atoms with Gasteiger partial charge in [-0.3, -0.25) is 9.48 Å². The summed E-state index contributed by atoms with van der Waals surface area (Å²) in [5.74, 6) is -0.468. The predicted octanol–water partition coefficient (Wildman–Crippen LogP) is 3.15. The first-order valence-electron chi connectivity index (χ1n) is 6.27. The van der Waals surface area contributed by atoms with Crippen molar-refractivity contribution in [3.05, 3.63) is 46.7 Å². The number of thiazole rings is 1. The molecule has 3 aromatic rings. The van der Waals surface area contributed by atoms with Crippen LogP contribution in [-0.4, -0.2) is 25.8 Å². The van der Waals surface area contributed by atoms with Gasteiger partial charge in [-0.15, -0.1) is 11.3 Å². The van der Waals surface area contributed by atoms with E-state index in [0.717, 1.165) is 5.56 Å². The summed E-state index contributed by atoms with van der Waals surface area (Å²) in [5, 5.41) is 19.1. The van der Waals surface area contributed by atoms with Crippen molar-refractivity contribution in [1.29, 1.82) is 0 Å². The topological polar surface area (TPSA) is 80.0 Å². The molecule has 6 nitrogen and oxygen atoms in total. The summed E-state index contributed by atoms with van der Waals surface area (Å²) in [6.07, 6.45) is 3.51. The Bertz CT molecular complexity index is 843. The average Bonchev–Trinajstić information content (AvgIpc) is 3.11. The Labute approximate surface area is 135 Å². The van der Waals surface area contributed by atoms with Crippen molar-refractivity contribution in [3.8, 4) is 16.3 Å². The predicted molar refractivity (Wildman–Crippen MR) is 85.4 cm³/mol. The molecule has 0 unspecified atom stereocenters. The van der Waals surface area contributed by atoms with Crippen LogP contribution in [0.2, 0.25) is 5.02 Å². The number of hydrogen-bond donors (Lipinski definition) is 2. The molecular formula is C14H11ClN4O2S. The summed E-state index contributed by atoms with van der Waals surface area (Å²) in [6.45, 7) is 0. The van der Waals surface area contributed by atoms with E-state index >= 15 is 0 Å². The number of aryl methyl sites for hydroxylation is 1. The largest absolute Gasteiger partial charge is 0.506 e. The Morgan fingerprint density at radius 3 is 3.00 bits per heavy atom. The maximum Gasteiger partial charge on any atom is 0.275 e. The van der Waals surface area contributed by atoms with Crippen LogP contribution >= 0.6 is 22.9 Å². The second-order valence-electron chi connectivity index (χ2n) is 4.56. The Hall–Kier alpha value is -2.38. The first-order chi connectivity index (χ1) is 10.5. The van der Waals surface area contributed by atoms with Gasteiger partial charge in [0.05, 0.1) is 11.9 Å². The van der Waals surface area contributed by atoms with Gasteiger partial charge < -0.3 is 10.4 Å². The zero-order valence-corrected chi connectivity index (χ0v) is 13.0. The lowest BCUT2D eigenvalue weighted by Crippen LogP contribution is -2.12. The molecule has 0 saturated heterocycles. The maximum absolute atomic E-state index is 12.2. The van der Waals surface area contributed by atoms with Crippen molar-refractivity contribution in [2.45, 2.75) is 0 Å². The van der Waals surface area contributed by atoms with Gasteiger partial charge in [0.15, 0.2) is 0 Å². The minimum Gasteiger partial charge on any atom is -0.506 e. The van der Waals surface area contributed by atoms with Crippen molar-refractivity contribution in [2.75, 3.05) is 5.32 Å². The number of phenols is 1. The van der Waals surface area contributed by atoms with Crippen LogP contribution in [0.1, 0.15) is 10.5 Å². The van der Waals surface area contributed by atoms with Crippen molar-refractivity contribution < 1.29 is 9.90 Å². The average molecular weight is 335 g/mol. The number of aromatic hydroxyl groups is 1. The molecule has 1 amide bonds. The molecule has 1 aromatic carbocycles. The number of rotatable bonds is 3. The number of amides is 1. The number of anilines is 1. The molecule has 0 aliphatic carbocycles. The van der Waals surface area contributed by atoms with Crippen LogP contribution in [0.15, 0.2) is 36.0 Å². The molecule has 8 heteroatoms. The zero-order valence-electron chi connectivity index (χ0n) is 11.4. The van der Waals surface area contributed by atoms with Crippen molar-refractivity contribution in [3.63, 3.8) is 0 Å². The molecule has 22 heavy (non-hydrogen) atoms. The molecule has 0 saturated carbocycles. The van der Waals surface area contributed by atoms with Crippen LogP contribution in [0, 0.1) is 0 Å². The number of carbonyl (C=O) groups is 1. The first kappa shape index (κ1) is 14.6. The lowest BCUT2D eigenvalue weighted by atomic mass is 10.3. The molecule has 2 heterocycles. The van der Waals surface area contributed by atoms with E-state index in [1.165, 1.54) is 29.5 Å². The van der Waals surface area contributed by atoms with Gasteiger partial charge >= 0.3 is 0 Å². The molecule has 0 bridgehead atoms. The van der Waals surface area contributed by atoms with Gasteiger partial charge in [-0.1, -0.05) is 11.6 Å². The molecule has 0 spiro atoms. The van der Waals surface area contributed by atoms with E-state index in [0.29, 0.717) is 10.0 Å². The number of halogens is 1. The number of hydrogen-bond acceptors (Lipinski definition) is 5. The van der Waals surface area contributed by atoms with Gasteiger partial charge in [-0.25, -0.2) is 4.98 Å². The minimum atomic E-state index is -0.413. The highest BCUT2D eigenvalue weighted by atomic mass is 35.5. The molecule has 112 valence electrons. The number of nitrogens with zero attached hydrogens (tertiary/aromatic N) is 3. The molecule has 0 fully saturated rings. The molecular weight excluding hydrogens is 324 g/mol. The van der Waals surface area contributed by atoms with Gasteiger partial charge in [-0.2, -0.15) is 5.10 Å². The van der Waals surface area contributed by atoms with Crippen molar-refractivity contribution in [1.82, 2.24) is 14.8 Å². The number of benzene rings is 1. The third-order valence-corrected chi connectivity index (χ3v) is 4.02.